The zero-order valence-electron chi connectivity index (χ0n) is 14.1. The van der Waals surface area contributed by atoms with E-state index in [1.54, 1.807) is 6.34 Å². The van der Waals surface area contributed by atoms with Crippen molar-refractivity contribution in [2.45, 2.75) is 32.2 Å². The fourth-order valence-corrected chi connectivity index (χ4v) is 6.15. The average molecular weight is 683 g/mol. The molecule has 0 saturated carbocycles. The lowest BCUT2D eigenvalue weighted by Crippen LogP contribution is -2.33. The van der Waals surface area contributed by atoms with E-state index in [0.717, 1.165) is 16.4 Å². The van der Waals surface area contributed by atoms with Crippen LogP contribution in [0.3, 0.4) is 0 Å². The van der Waals surface area contributed by atoms with Crippen LogP contribution in [-0.4, -0.2) is 48.4 Å². The van der Waals surface area contributed by atoms with Crippen LogP contribution in [0.25, 0.3) is 0 Å². The molecule has 0 bridgehead atoms. The molecule has 6 nitrogen and oxygen atoms in total. The first-order valence-corrected chi connectivity index (χ1v) is 10.8. The van der Waals surface area contributed by atoms with Gasteiger partial charge in [-0.15, -0.1) is 0 Å². The Morgan fingerprint density at radius 1 is 1.32 bits per heavy atom. The molecule has 0 spiro atoms. The van der Waals surface area contributed by atoms with Gasteiger partial charge in [0.05, 0.1) is 21.2 Å². The minimum atomic E-state index is -0.816. The third-order valence-corrected chi connectivity index (χ3v) is 5.92. The van der Waals surface area contributed by atoms with E-state index < -0.39 is 5.97 Å². The molecule has 0 aliphatic rings. The highest BCUT2D eigenvalue weighted by Gasteiger charge is 2.20. The summed E-state index contributed by atoms with van der Waals surface area (Å²) >= 11 is 6.54. The molecular weight excluding hydrogens is 663 g/mol. The molecule has 1 atom stereocenters. The quantitative estimate of drug-likeness (QED) is 0.246. The lowest BCUT2D eigenvalue weighted by atomic mass is 10.1. The number of rotatable bonds is 8. The second kappa shape index (κ2) is 10.8. The predicted molar refractivity (Wildman–Crippen MR) is 125 cm³/mol. The Bertz CT molecular complexity index is 678. The van der Waals surface area contributed by atoms with Crippen LogP contribution in [0, 0.1) is 10.7 Å². The van der Waals surface area contributed by atoms with Gasteiger partial charge in [0.1, 0.15) is 0 Å². The summed E-state index contributed by atoms with van der Waals surface area (Å²) in [5.74, 6) is -0.974. The molecule has 0 aliphatic heterocycles. The van der Waals surface area contributed by atoms with Gasteiger partial charge in [0, 0.05) is 33.7 Å². The zero-order valence-corrected chi connectivity index (χ0v) is 20.6. The maximum Gasteiger partial charge on any atom is 0.303 e. The molecule has 9 heteroatoms. The van der Waals surface area contributed by atoms with Gasteiger partial charge in [-0.1, -0.05) is 0 Å². The van der Waals surface area contributed by atoms with Crippen LogP contribution < -0.4 is 5.32 Å². The van der Waals surface area contributed by atoms with Crippen molar-refractivity contribution in [2.75, 3.05) is 14.1 Å². The minimum absolute atomic E-state index is 0.0912. The molecule has 1 rings (SSSR count). The van der Waals surface area contributed by atoms with Crippen LogP contribution in [0.5, 0.6) is 0 Å². The van der Waals surface area contributed by atoms with Crippen LogP contribution in [0.15, 0.2) is 11.1 Å². The Hall–Kier alpha value is -0.180. The van der Waals surface area contributed by atoms with Crippen molar-refractivity contribution in [3.05, 3.63) is 22.3 Å². The number of carbonyl (C=O) groups is 2. The van der Waals surface area contributed by atoms with E-state index in [1.165, 1.54) is 0 Å². The van der Waals surface area contributed by atoms with Gasteiger partial charge in [-0.3, -0.25) is 9.59 Å². The first-order chi connectivity index (χ1) is 11.6. The zero-order chi connectivity index (χ0) is 19.1. The first-order valence-electron chi connectivity index (χ1n) is 7.54. The van der Waals surface area contributed by atoms with Crippen LogP contribution in [0.4, 0.5) is 5.69 Å². The normalized spacial score (nSPS) is 12.2. The van der Waals surface area contributed by atoms with E-state index in [4.69, 9.17) is 5.11 Å². The van der Waals surface area contributed by atoms with Gasteiger partial charge < -0.3 is 15.3 Å². The number of nitrogens with zero attached hydrogens (tertiary/aromatic N) is 2. The van der Waals surface area contributed by atoms with Crippen molar-refractivity contribution < 1.29 is 14.7 Å². The lowest BCUT2D eigenvalue weighted by molar-refractivity contribution is -0.137. The van der Waals surface area contributed by atoms with Crippen molar-refractivity contribution >= 4 is 91.7 Å². The van der Waals surface area contributed by atoms with E-state index in [-0.39, 0.29) is 18.4 Å². The molecule has 0 aliphatic carbocycles. The van der Waals surface area contributed by atoms with E-state index >= 15 is 0 Å². The number of hydrogen-bond donors (Lipinski definition) is 2. The molecule has 0 heterocycles. The summed E-state index contributed by atoms with van der Waals surface area (Å²) in [7, 11) is 3.78. The highest BCUT2D eigenvalue weighted by molar-refractivity contribution is 14.1. The van der Waals surface area contributed by atoms with Crippen LogP contribution in [0.1, 0.15) is 36.5 Å². The molecule has 0 aromatic heterocycles. The molecule has 1 unspecified atom stereocenters. The van der Waals surface area contributed by atoms with E-state index in [2.05, 4.69) is 78.1 Å². The molecule has 0 fully saturated rings. The Morgan fingerprint density at radius 2 is 1.96 bits per heavy atom. The molecular formula is C16H20I3N3O3. The second-order valence-corrected chi connectivity index (χ2v) is 9.15. The summed E-state index contributed by atoms with van der Waals surface area (Å²) in [5, 5.41) is 11.7. The first kappa shape index (κ1) is 22.9. The van der Waals surface area contributed by atoms with Gasteiger partial charge >= 0.3 is 5.97 Å². The number of carbonyl (C=O) groups excluding carboxylic acids is 1. The Labute approximate surface area is 188 Å². The molecule has 138 valence electrons. The number of halogens is 3. The topological polar surface area (TPSA) is 82.0 Å². The van der Waals surface area contributed by atoms with Gasteiger partial charge in [-0.25, -0.2) is 4.99 Å². The summed E-state index contributed by atoms with van der Waals surface area (Å²) in [6, 6.07) is 1.85. The summed E-state index contributed by atoms with van der Waals surface area (Å²) in [4.78, 5) is 29.6. The van der Waals surface area contributed by atoms with Gasteiger partial charge in [-0.05, 0) is 93.6 Å². The third-order valence-electron chi connectivity index (χ3n) is 3.20. The van der Waals surface area contributed by atoms with E-state index in [1.807, 2.05) is 32.0 Å². The fraction of sp³-hybridized carbons (Fsp3) is 0.438. The maximum absolute atomic E-state index is 12.7. The monoisotopic (exact) mass is 683 g/mol. The van der Waals surface area contributed by atoms with Crippen molar-refractivity contribution in [1.82, 2.24) is 10.2 Å². The van der Waals surface area contributed by atoms with Gasteiger partial charge in [0.15, 0.2) is 0 Å². The van der Waals surface area contributed by atoms with Crippen LogP contribution in [-0.2, 0) is 4.79 Å². The molecule has 1 aromatic carbocycles. The van der Waals surface area contributed by atoms with Gasteiger partial charge in [0.2, 0.25) is 0 Å². The largest absolute Gasteiger partial charge is 0.481 e. The van der Waals surface area contributed by atoms with Gasteiger partial charge in [-0.2, -0.15) is 0 Å². The van der Waals surface area contributed by atoms with Crippen LogP contribution in [0.2, 0.25) is 0 Å². The number of amides is 1. The van der Waals surface area contributed by atoms with E-state index in [0.29, 0.717) is 18.4 Å². The SMILES string of the molecule is CC(CCCC(=O)O)NC(=O)c1c(I)cc(I)c(N=CN(C)C)c1I. The Kier molecular flexibility index (Phi) is 9.92. The summed E-state index contributed by atoms with van der Waals surface area (Å²) in [6.45, 7) is 1.89. The highest BCUT2D eigenvalue weighted by Crippen LogP contribution is 2.33. The number of hydrogen-bond acceptors (Lipinski definition) is 3. The Morgan fingerprint density at radius 3 is 2.52 bits per heavy atom. The minimum Gasteiger partial charge on any atom is -0.481 e. The highest BCUT2D eigenvalue weighted by atomic mass is 127. The summed E-state index contributed by atoms with van der Waals surface area (Å²) < 4.78 is 2.66. The molecule has 1 amide bonds. The molecule has 0 saturated heterocycles. The van der Waals surface area contributed by atoms with Crippen molar-refractivity contribution in [2.24, 2.45) is 4.99 Å². The van der Waals surface area contributed by atoms with E-state index in [9.17, 15) is 9.59 Å². The lowest BCUT2D eigenvalue weighted by Gasteiger charge is -2.16. The van der Waals surface area contributed by atoms with Crippen molar-refractivity contribution in [3.8, 4) is 0 Å². The van der Waals surface area contributed by atoms with Crippen LogP contribution >= 0.6 is 67.8 Å². The molecule has 1 aromatic rings. The molecule has 25 heavy (non-hydrogen) atoms. The predicted octanol–water partition coefficient (Wildman–Crippen LogP) is 4.10. The second-order valence-electron chi connectivity index (χ2n) is 5.75. The number of carboxylic acids is 1. The third kappa shape index (κ3) is 7.53. The number of nitrogens with one attached hydrogen (secondary N) is 1. The van der Waals surface area contributed by atoms with Crippen molar-refractivity contribution in [1.29, 1.82) is 0 Å². The molecule has 0 radical (unpaired) electrons. The number of benzene rings is 1. The summed E-state index contributed by atoms with van der Waals surface area (Å²) in [6.07, 6.45) is 2.99. The fourth-order valence-electron chi connectivity index (χ4n) is 2.01. The number of carboxylic acid groups (broad SMARTS) is 1. The smallest absolute Gasteiger partial charge is 0.303 e. The molecule has 2 N–H and O–H groups in total. The Balaban J connectivity index is 2.97. The number of aliphatic imine (C=N–C) groups is 1. The van der Waals surface area contributed by atoms with Crippen molar-refractivity contribution in [3.63, 3.8) is 0 Å². The standard InChI is InChI=1S/C16H20I3N3O3/c1-9(5-4-6-12(23)24)21-16(25)13-10(17)7-11(18)15(14(13)19)20-8-22(2)3/h7-9H,4-6H2,1-3H3,(H,21,25)(H,23,24). The summed E-state index contributed by atoms with van der Waals surface area (Å²) in [5.41, 5.74) is 1.39. The average Bonchev–Trinajstić information content (AvgIpc) is 2.45. The van der Waals surface area contributed by atoms with Gasteiger partial charge in [0.25, 0.3) is 5.91 Å². The number of aliphatic carboxylic acids is 1. The maximum atomic E-state index is 12.7.